The average Bonchev–Trinajstić information content (AvgIpc) is 3.68. The van der Waals surface area contributed by atoms with Crippen molar-refractivity contribution in [2.75, 3.05) is 26.4 Å². The Kier molecular flexibility index (Phi) is 8.94. The standard InChI is InChI=1S/C28H28F5N5O4S2/c1-34-44(2,41)22-7-3-5-17(25(29)30)24(22)21-13-19(36-42-21)20-15-43-26(35-20)16-8-11-37(12-9-16)23(39)14-38-10-4-6-18(27(38)40)28(31,32)33/h3-7,10,15-16,21,25H,8-9,11-14H2,1-2H3. The molecular formula is C28H28F5N5O4S2. The number of hydrogen-bond acceptors (Lipinski definition) is 8. The van der Waals surface area contributed by atoms with Crippen molar-refractivity contribution in [1.29, 1.82) is 0 Å². The van der Waals surface area contributed by atoms with Crippen molar-refractivity contribution in [1.82, 2.24) is 14.5 Å². The smallest absolute Gasteiger partial charge is 0.387 e. The van der Waals surface area contributed by atoms with E-state index in [1.165, 1.54) is 47.7 Å². The Morgan fingerprint density at radius 1 is 1.20 bits per heavy atom. The third kappa shape index (κ3) is 6.41. The van der Waals surface area contributed by atoms with Crippen molar-refractivity contribution in [2.45, 2.75) is 55.3 Å². The molecule has 4 heterocycles. The fourth-order valence-electron chi connectivity index (χ4n) is 5.31. The number of rotatable bonds is 7. The summed E-state index contributed by atoms with van der Waals surface area (Å²) in [4.78, 5) is 37.0. The van der Waals surface area contributed by atoms with Gasteiger partial charge in [-0.25, -0.2) is 22.3 Å². The van der Waals surface area contributed by atoms with Gasteiger partial charge in [0.25, 0.3) is 12.0 Å². The summed E-state index contributed by atoms with van der Waals surface area (Å²) in [6.07, 6.45) is -4.73. The van der Waals surface area contributed by atoms with E-state index in [0.29, 0.717) is 43.4 Å². The van der Waals surface area contributed by atoms with Crippen molar-refractivity contribution in [3.8, 4) is 0 Å². The Balaban J connectivity index is 1.23. The Hall–Kier alpha value is -3.66. The predicted octanol–water partition coefficient (Wildman–Crippen LogP) is 5.62. The molecule has 9 nitrogen and oxygen atoms in total. The van der Waals surface area contributed by atoms with Crippen molar-refractivity contribution in [3.63, 3.8) is 0 Å². The third-order valence-corrected chi connectivity index (χ3v) is 10.6. The highest BCUT2D eigenvalue weighted by molar-refractivity contribution is 7.93. The summed E-state index contributed by atoms with van der Waals surface area (Å²) in [6, 6.07) is 5.97. The number of thiazole rings is 1. The maximum Gasteiger partial charge on any atom is 0.421 e. The van der Waals surface area contributed by atoms with Crippen LogP contribution in [-0.4, -0.2) is 56.7 Å². The van der Waals surface area contributed by atoms with E-state index in [0.717, 1.165) is 21.8 Å². The molecule has 236 valence electrons. The lowest BCUT2D eigenvalue weighted by molar-refractivity contribution is -0.139. The summed E-state index contributed by atoms with van der Waals surface area (Å²) >= 11 is 1.39. The molecule has 1 aromatic carbocycles. The quantitative estimate of drug-likeness (QED) is 0.307. The SMILES string of the molecule is CN=S(C)(=O)c1cccc(C(F)F)c1C1CC(c2csc(C3CCN(C(=O)Cn4cccc(C(F)(F)F)c4=O)CC3)n2)=NO1. The van der Waals surface area contributed by atoms with Gasteiger partial charge in [0, 0.05) is 61.4 Å². The van der Waals surface area contributed by atoms with Gasteiger partial charge in [-0.05, 0) is 31.0 Å². The van der Waals surface area contributed by atoms with Crippen LogP contribution in [-0.2, 0) is 32.1 Å². The van der Waals surface area contributed by atoms with Crippen molar-refractivity contribution in [2.24, 2.45) is 9.52 Å². The molecule has 1 fully saturated rings. The number of oxime groups is 1. The number of amides is 1. The zero-order valence-electron chi connectivity index (χ0n) is 23.6. The lowest BCUT2D eigenvalue weighted by atomic mass is 9.97. The van der Waals surface area contributed by atoms with E-state index < -0.39 is 52.0 Å². The fraction of sp³-hybridized carbons (Fsp3) is 0.429. The van der Waals surface area contributed by atoms with Gasteiger partial charge in [0.1, 0.15) is 17.8 Å². The number of benzene rings is 1. The summed E-state index contributed by atoms with van der Waals surface area (Å²) in [5, 5.41) is 6.70. The van der Waals surface area contributed by atoms with Crippen LogP contribution in [0.2, 0.25) is 0 Å². The largest absolute Gasteiger partial charge is 0.421 e. The van der Waals surface area contributed by atoms with Crippen molar-refractivity contribution >= 4 is 32.7 Å². The summed E-state index contributed by atoms with van der Waals surface area (Å²) in [6.45, 7) is 0.181. The molecule has 2 aliphatic heterocycles. The van der Waals surface area contributed by atoms with Crippen LogP contribution in [0.3, 0.4) is 0 Å². The van der Waals surface area contributed by atoms with Gasteiger partial charge in [-0.15, -0.1) is 11.3 Å². The van der Waals surface area contributed by atoms with E-state index in [4.69, 9.17) is 9.82 Å². The number of carbonyl (C=O) groups excluding carboxylic acids is 1. The first kappa shape index (κ1) is 31.8. The fourth-order valence-corrected chi connectivity index (χ4v) is 7.50. The molecule has 0 bridgehead atoms. The lowest BCUT2D eigenvalue weighted by Crippen LogP contribution is -2.41. The van der Waals surface area contributed by atoms with Crippen LogP contribution in [0.4, 0.5) is 22.0 Å². The Morgan fingerprint density at radius 3 is 2.59 bits per heavy atom. The monoisotopic (exact) mass is 657 g/mol. The minimum Gasteiger partial charge on any atom is -0.387 e. The molecule has 2 aliphatic rings. The average molecular weight is 658 g/mol. The normalized spacial score (nSPS) is 19.0. The van der Waals surface area contributed by atoms with Crippen LogP contribution in [0.5, 0.6) is 0 Å². The van der Waals surface area contributed by atoms with Crippen LogP contribution in [0.1, 0.15) is 65.1 Å². The van der Waals surface area contributed by atoms with Gasteiger partial charge in [0.2, 0.25) is 5.91 Å². The highest BCUT2D eigenvalue weighted by atomic mass is 32.2. The number of piperidine rings is 1. The van der Waals surface area contributed by atoms with Gasteiger partial charge in [0.15, 0.2) is 6.10 Å². The van der Waals surface area contributed by atoms with E-state index in [9.17, 15) is 35.8 Å². The first-order valence-electron chi connectivity index (χ1n) is 13.5. The van der Waals surface area contributed by atoms with Gasteiger partial charge in [-0.1, -0.05) is 17.3 Å². The molecule has 44 heavy (non-hydrogen) atoms. The van der Waals surface area contributed by atoms with Crippen LogP contribution in [0, 0.1) is 0 Å². The number of aromatic nitrogens is 2. The summed E-state index contributed by atoms with van der Waals surface area (Å²) < 4.78 is 84.8. The molecule has 0 N–H and O–H groups in total. The minimum absolute atomic E-state index is 0.00916. The third-order valence-electron chi connectivity index (χ3n) is 7.73. The van der Waals surface area contributed by atoms with Crippen LogP contribution in [0.25, 0.3) is 0 Å². The minimum atomic E-state index is -4.81. The first-order chi connectivity index (χ1) is 20.8. The second kappa shape index (κ2) is 12.4. The molecule has 0 saturated carbocycles. The van der Waals surface area contributed by atoms with Gasteiger partial charge >= 0.3 is 6.18 Å². The molecule has 5 rings (SSSR count). The molecule has 0 radical (unpaired) electrons. The summed E-state index contributed by atoms with van der Waals surface area (Å²) in [5.74, 6) is -0.446. The maximum atomic E-state index is 13.9. The molecule has 0 aliphatic carbocycles. The number of alkyl halides is 5. The summed E-state index contributed by atoms with van der Waals surface area (Å²) in [5.41, 5.74) is -1.78. The molecule has 1 saturated heterocycles. The van der Waals surface area contributed by atoms with E-state index in [1.807, 2.05) is 0 Å². The zero-order chi connectivity index (χ0) is 31.8. The number of nitrogens with zero attached hydrogens (tertiary/aromatic N) is 5. The van der Waals surface area contributed by atoms with Gasteiger partial charge < -0.3 is 14.3 Å². The highest BCUT2D eigenvalue weighted by Crippen LogP contribution is 2.40. The molecule has 2 aromatic heterocycles. The molecule has 3 aromatic rings. The summed E-state index contributed by atoms with van der Waals surface area (Å²) in [7, 11) is -1.58. The number of pyridine rings is 1. The van der Waals surface area contributed by atoms with E-state index in [1.54, 1.807) is 5.38 Å². The Bertz CT molecular complexity index is 1770. The first-order valence-corrected chi connectivity index (χ1v) is 16.3. The predicted molar refractivity (Wildman–Crippen MR) is 153 cm³/mol. The van der Waals surface area contributed by atoms with Crippen molar-refractivity contribution < 1.29 is 35.8 Å². The topological polar surface area (TPSA) is 106 Å². The second-order valence-corrected chi connectivity index (χ2v) is 13.8. The highest BCUT2D eigenvalue weighted by Gasteiger charge is 2.36. The molecule has 2 unspecified atom stereocenters. The lowest BCUT2D eigenvalue weighted by Gasteiger charge is -2.31. The molecule has 0 spiro atoms. The molecular weight excluding hydrogens is 629 g/mol. The number of halogens is 5. The van der Waals surface area contributed by atoms with E-state index >= 15 is 0 Å². The maximum absolute atomic E-state index is 13.9. The zero-order valence-corrected chi connectivity index (χ0v) is 25.2. The van der Waals surface area contributed by atoms with Gasteiger partial charge in [-0.3, -0.25) is 9.59 Å². The number of hydrogen-bond donors (Lipinski definition) is 0. The Labute approximate surface area is 253 Å². The number of carbonyl (C=O) groups is 1. The second-order valence-electron chi connectivity index (χ2n) is 10.5. The number of likely N-dealkylation sites (tertiary alicyclic amines) is 1. The van der Waals surface area contributed by atoms with Gasteiger partial charge in [-0.2, -0.15) is 13.2 Å². The molecule has 16 heteroatoms. The van der Waals surface area contributed by atoms with Crippen LogP contribution in [0.15, 0.2) is 61.1 Å². The van der Waals surface area contributed by atoms with E-state index in [-0.39, 0.29) is 28.4 Å². The van der Waals surface area contributed by atoms with Crippen LogP contribution < -0.4 is 5.56 Å². The van der Waals surface area contributed by atoms with E-state index in [2.05, 4.69) is 9.52 Å². The molecule has 2 atom stereocenters. The van der Waals surface area contributed by atoms with Gasteiger partial charge in [0.05, 0.1) is 25.3 Å². The molecule has 1 amide bonds. The van der Waals surface area contributed by atoms with Crippen LogP contribution >= 0.6 is 11.3 Å². The van der Waals surface area contributed by atoms with Crippen molar-refractivity contribution in [3.05, 3.63) is 79.7 Å². The Morgan fingerprint density at radius 2 is 1.93 bits per heavy atom.